The molecule has 0 aliphatic heterocycles. The number of anilines is 1. The van der Waals surface area contributed by atoms with E-state index in [0.29, 0.717) is 5.39 Å². The summed E-state index contributed by atoms with van der Waals surface area (Å²) in [5.41, 5.74) is 5.82. The number of alkyl halides is 3. The van der Waals surface area contributed by atoms with E-state index in [0.717, 1.165) is 11.6 Å². The Kier molecular flexibility index (Phi) is 2.26. The molecular formula is C11H9F3N2. The van der Waals surface area contributed by atoms with Crippen molar-refractivity contribution in [1.29, 1.82) is 0 Å². The van der Waals surface area contributed by atoms with Gasteiger partial charge in [0.05, 0.1) is 5.52 Å². The zero-order valence-electron chi connectivity index (χ0n) is 8.47. The van der Waals surface area contributed by atoms with Gasteiger partial charge in [-0.15, -0.1) is 0 Å². The third-order valence-corrected chi connectivity index (χ3v) is 2.29. The van der Waals surface area contributed by atoms with Gasteiger partial charge in [0.25, 0.3) is 0 Å². The SMILES string of the molecule is Cc1ccc2c(N)cc(C(F)(F)F)nc2c1. The molecule has 0 spiro atoms. The zero-order valence-corrected chi connectivity index (χ0v) is 8.47. The van der Waals surface area contributed by atoms with Gasteiger partial charge >= 0.3 is 6.18 Å². The Morgan fingerprint density at radius 3 is 2.50 bits per heavy atom. The first-order chi connectivity index (χ1) is 7.38. The minimum atomic E-state index is -4.47. The van der Waals surface area contributed by atoms with E-state index in [1.165, 1.54) is 0 Å². The van der Waals surface area contributed by atoms with Gasteiger partial charge in [-0.2, -0.15) is 13.2 Å². The monoisotopic (exact) mass is 226 g/mol. The number of aromatic nitrogens is 1. The maximum atomic E-state index is 12.5. The highest BCUT2D eigenvalue weighted by molar-refractivity contribution is 5.90. The molecule has 0 saturated carbocycles. The summed E-state index contributed by atoms with van der Waals surface area (Å²) < 4.78 is 37.4. The summed E-state index contributed by atoms with van der Waals surface area (Å²) in [6, 6.07) is 5.90. The van der Waals surface area contributed by atoms with Crippen LogP contribution in [0.15, 0.2) is 24.3 Å². The molecule has 0 aliphatic carbocycles. The van der Waals surface area contributed by atoms with Crippen LogP contribution in [0.1, 0.15) is 11.3 Å². The molecule has 2 rings (SSSR count). The molecule has 0 saturated heterocycles. The fourth-order valence-electron chi connectivity index (χ4n) is 1.51. The van der Waals surface area contributed by atoms with Crippen molar-refractivity contribution < 1.29 is 13.2 Å². The standard InChI is InChI=1S/C11H9F3N2/c1-6-2-3-7-8(15)5-10(11(12,13)14)16-9(7)4-6/h2-5H,1H3,(H2,15,16). The van der Waals surface area contributed by atoms with Crippen LogP contribution in [0.4, 0.5) is 18.9 Å². The molecule has 0 atom stereocenters. The number of halogens is 3. The van der Waals surface area contributed by atoms with Gasteiger partial charge in [0, 0.05) is 11.1 Å². The summed E-state index contributed by atoms with van der Waals surface area (Å²) in [6.45, 7) is 1.79. The molecule has 84 valence electrons. The lowest BCUT2D eigenvalue weighted by Crippen LogP contribution is -2.09. The van der Waals surface area contributed by atoms with Gasteiger partial charge in [-0.05, 0) is 24.6 Å². The number of hydrogen-bond acceptors (Lipinski definition) is 2. The van der Waals surface area contributed by atoms with E-state index in [2.05, 4.69) is 4.98 Å². The van der Waals surface area contributed by atoms with Crippen LogP contribution in [0.25, 0.3) is 10.9 Å². The summed E-state index contributed by atoms with van der Waals surface area (Å²) in [7, 11) is 0. The van der Waals surface area contributed by atoms with Gasteiger partial charge in [0.15, 0.2) is 0 Å². The molecule has 0 bridgehead atoms. The minimum absolute atomic E-state index is 0.0947. The molecule has 5 heteroatoms. The average molecular weight is 226 g/mol. The third kappa shape index (κ3) is 1.80. The molecule has 1 aromatic carbocycles. The molecule has 2 nitrogen and oxygen atoms in total. The molecule has 0 fully saturated rings. The molecule has 1 heterocycles. The molecule has 16 heavy (non-hydrogen) atoms. The summed E-state index contributed by atoms with van der Waals surface area (Å²) in [5.74, 6) is 0. The van der Waals surface area contributed by atoms with E-state index in [4.69, 9.17) is 5.73 Å². The summed E-state index contributed by atoms with van der Waals surface area (Å²) in [6.07, 6.45) is -4.47. The van der Waals surface area contributed by atoms with E-state index < -0.39 is 11.9 Å². The second-order valence-electron chi connectivity index (χ2n) is 3.62. The number of rotatable bonds is 0. The predicted octanol–water partition coefficient (Wildman–Crippen LogP) is 3.14. The second-order valence-corrected chi connectivity index (χ2v) is 3.62. The minimum Gasteiger partial charge on any atom is -0.398 e. The number of hydrogen-bond donors (Lipinski definition) is 1. The molecule has 2 N–H and O–H groups in total. The summed E-state index contributed by atoms with van der Waals surface area (Å²) in [4.78, 5) is 3.56. The van der Waals surface area contributed by atoms with Crippen molar-refractivity contribution in [2.75, 3.05) is 5.73 Å². The number of nitrogen functional groups attached to an aromatic ring is 1. The highest BCUT2D eigenvalue weighted by Crippen LogP contribution is 2.31. The van der Waals surface area contributed by atoms with Crippen LogP contribution in [0.2, 0.25) is 0 Å². The van der Waals surface area contributed by atoms with Crippen LogP contribution in [0.3, 0.4) is 0 Å². The van der Waals surface area contributed by atoms with Gasteiger partial charge < -0.3 is 5.73 Å². The van der Waals surface area contributed by atoms with Crippen LogP contribution in [0, 0.1) is 6.92 Å². The van der Waals surface area contributed by atoms with Gasteiger partial charge in [-0.1, -0.05) is 12.1 Å². The lowest BCUT2D eigenvalue weighted by molar-refractivity contribution is -0.140. The number of nitrogens with two attached hydrogens (primary N) is 1. The van der Waals surface area contributed by atoms with Crippen LogP contribution in [0.5, 0.6) is 0 Å². The van der Waals surface area contributed by atoms with Gasteiger partial charge in [-0.3, -0.25) is 0 Å². The van der Waals surface area contributed by atoms with Gasteiger partial charge in [0.1, 0.15) is 5.69 Å². The van der Waals surface area contributed by atoms with Gasteiger partial charge in [-0.25, -0.2) is 4.98 Å². The van der Waals surface area contributed by atoms with Crippen molar-refractivity contribution >= 4 is 16.6 Å². The summed E-state index contributed by atoms with van der Waals surface area (Å²) in [5, 5.41) is 0.540. The van der Waals surface area contributed by atoms with Crippen LogP contribution >= 0.6 is 0 Å². The van der Waals surface area contributed by atoms with Crippen molar-refractivity contribution in [3.8, 4) is 0 Å². The Balaban J connectivity index is 2.75. The Labute approximate surface area is 89.9 Å². The van der Waals surface area contributed by atoms with Crippen LogP contribution < -0.4 is 5.73 Å². The Morgan fingerprint density at radius 2 is 1.88 bits per heavy atom. The fraction of sp³-hybridized carbons (Fsp3) is 0.182. The number of pyridine rings is 1. The van der Waals surface area contributed by atoms with E-state index in [-0.39, 0.29) is 11.2 Å². The highest BCUT2D eigenvalue weighted by atomic mass is 19.4. The number of benzene rings is 1. The number of nitrogens with zero attached hydrogens (tertiary/aromatic N) is 1. The quantitative estimate of drug-likeness (QED) is 0.749. The third-order valence-electron chi connectivity index (χ3n) is 2.29. The first kappa shape index (κ1) is 10.7. The molecule has 2 aromatic rings. The normalized spacial score (nSPS) is 12.0. The first-order valence-corrected chi connectivity index (χ1v) is 4.62. The predicted molar refractivity (Wildman–Crippen MR) is 55.9 cm³/mol. The first-order valence-electron chi connectivity index (χ1n) is 4.62. The molecule has 0 radical (unpaired) electrons. The maximum Gasteiger partial charge on any atom is 0.433 e. The lowest BCUT2D eigenvalue weighted by atomic mass is 10.1. The summed E-state index contributed by atoms with van der Waals surface area (Å²) >= 11 is 0. The van der Waals surface area contributed by atoms with E-state index in [1.54, 1.807) is 25.1 Å². The molecule has 0 amide bonds. The second kappa shape index (κ2) is 3.37. The fourth-order valence-corrected chi connectivity index (χ4v) is 1.51. The van der Waals surface area contributed by atoms with E-state index in [1.807, 2.05) is 0 Å². The smallest absolute Gasteiger partial charge is 0.398 e. The van der Waals surface area contributed by atoms with Crippen molar-refractivity contribution in [2.45, 2.75) is 13.1 Å². The molecule has 0 unspecified atom stereocenters. The molecule has 1 aromatic heterocycles. The van der Waals surface area contributed by atoms with Crippen LogP contribution in [-0.4, -0.2) is 4.98 Å². The molecule has 0 aliphatic rings. The maximum absolute atomic E-state index is 12.5. The van der Waals surface area contributed by atoms with Crippen molar-refractivity contribution in [1.82, 2.24) is 4.98 Å². The lowest BCUT2D eigenvalue weighted by Gasteiger charge is -2.09. The largest absolute Gasteiger partial charge is 0.433 e. The van der Waals surface area contributed by atoms with Crippen molar-refractivity contribution in [3.05, 3.63) is 35.5 Å². The number of fused-ring (bicyclic) bond motifs is 1. The Bertz CT molecular complexity index is 547. The van der Waals surface area contributed by atoms with Gasteiger partial charge in [0.2, 0.25) is 0 Å². The van der Waals surface area contributed by atoms with Crippen molar-refractivity contribution in [2.24, 2.45) is 0 Å². The van der Waals surface area contributed by atoms with Crippen molar-refractivity contribution in [3.63, 3.8) is 0 Å². The van der Waals surface area contributed by atoms with Crippen LogP contribution in [-0.2, 0) is 6.18 Å². The zero-order chi connectivity index (χ0) is 11.9. The highest BCUT2D eigenvalue weighted by Gasteiger charge is 2.33. The number of aryl methyl sites for hydroxylation is 1. The Hall–Kier alpha value is -1.78. The molecular weight excluding hydrogens is 217 g/mol. The van der Waals surface area contributed by atoms with E-state index in [9.17, 15) is 13.2 Å². The Morgan fingerprint density at radius 1 is 1.19 bits per heavy atom. The van der Waals surface area contributed by atoms with E-state index >= 15 is 0 Å². The average Bonchev–Trinajstić information content (AvgIpc) is 2.15. The topological polar surface area (TPSA) is 38.9 Å².